The SMILES string of the molecule is Cn1ccn(-c2[c-]cccc2)[cH+]1.OCCO.[Pt]. The standard InChI is InChI=1S/C10H10N2.C2H6O2.Pt/c1-11-7-8-12(9-11)10-5-3-2-4-6-10;3-1-2-4;/h2-5,7-9H,1H3;3-4H,1-2H2;. The molecule has 0 radical (unpaired) electrons. The quantitative estimate of drug-likeness (QED) is 0.716. The second-order valence-corrected chi connectivity index (χ2v) is 3.18. The van der Waals surface area contributed by atoms with E-state index in [0.29, 0.717) is 0 Å². The van der Waals surface area contributed by atoms with Crippen LogP contribution in [-0.4, -0.2) is 32.6 Å². The Morgan fingerprint density at radius 2 is 1.94 bits per heavy atom. The van der Waals surface area contributed by atoms with Crippen molar-refractivity contribution in [2.45, 2.75) is 0 Å². The van der Waals surface area contributed by atoms with Gasteiger partial charge in [0.1, 0.15) is 12.4 Å². The second-order valence-electron chi connectivity index (χ2n) is 3.18. The van der Waals surface area contributed by atoms with Gasteiger partial charge in [-0.15, -0.1) is 12.1 Å². The Morgan fingerprint density at radius 1 is 1.24 bits per heavy atom. The van der Waals surface area contributed by atoms with E-state index in [4.69, 9.17) is 10.2 Å². The van der Waals surface area contributed by atoms with Crippen molar-refractivity contribution in [2.24, 2.45) is 7.05 Å². The first-order valence-electron chi connectivity index (χ1n) is 5.00. The predicted molar refractivity (Wildman–Crippen MR) is 62.2 cm³/mol. The molecule has 0 saturated carbocycles. The van der Waals surface area contributed by atoms with Gasteiger partial charge in [0, 0.05) is 33.8 Å². The molecule has 0 aliphatic heterocycles. The first-order chi connectivity index (χ1) is 7.77. The van der Waals surface area contributed by atoms with Gasteiger partial charge in [-0.05, 0) is 0 Å². The Morgan fingerprint density at radius 3 is 2.35 bits per heavy atom. The van der Waals surface area contributed by atoms with Crippen LogP contribution in [0.4, 0.5) is 0 Å². The number of aliphatic hydroxyl groups is 2. The zero-order valence-corrected chi connectivity index (χ0v) is 11.8. The third-order valence-corrected chi connectivity index (χ3v) is 1.84. The van der Waals surface area contributed by atoms with E-state index in [0.717, 1.165) is 5.69 Å². The molecule has 1 aromatic heterocycles. The summed E-state index contributed by atoms with van der Waals surface area (Å²) >= 11 is 0. The van der Waals surface area contributed by atoms with Crippen molar-refractivity contribution in [3.05, 3.63) is 49.1 Å². The van der Waals surface area contributed by atoms with E-state index >= 15 is 0 Å². The molecule has 1 aromatic carbocycles. The van der Waals surface area contributed by atoms with Crippen molar-refractivity contribution in [1.82, 2.24) is 9.13 Å². The van der Waals surface area contributed by atoms with E-state index in [-0.39, 0.29) is 34.3 Å². The molecule has 2 N–H and O–H groups in total. The van der Waals surface area contributed by atoms with E-state index < -0.39 is 0 Å². The van der Waals surface area contributed by atoms with Gasteiger partial charge in [0.05, 0.1) is 13.2 Å². The summed E-state index contributed by atoms with van der Waals surface area (Å²) < 4.78 is 4.03. The maximum Gasteiger partial charge on any atom is 0.163 e. The predicted octanol–water partition coefficient (Wildman–Crippen LogP) is 0.866. The Hall–Kier alpha value is -0.962. The molecule has 0 aliphatic carbocycles. The summed E-state index contributed by atoms with van der Waals surface area (Å²) in [5.74, 6) is 0. The molecular weight excluding hydrogens is 399 g/mol. The molecule has 0 spiro atoms. The van der Waals surface area contributed by atoms with Crippen LogP contribution < -0.4 is 0 Å². The van der Waals surface area contributed by atoms with Gasteiger partial charge in [-0.1, -0.05) is 0 Å². The van der Waals surface area contributed by atoms with Gasteiger partial charge in [-0.25, -0.2) is 4.57 Å². The van der Waals surface area contributed by atoms with Crippen LogP contribution in [0, 0.1) is 6.07 Å². The number of para-hydroxylation sites is 1. The topological polar surface area (TPSA) is 50.3 Å². The fourth-order valence-electron chi connectivity index (χ4n) is 1.14. The zero-order valence-electron chi connectivity index (χ0n) is 9.56. The Kier molecular flexibility index (Phi) is 8.59. The largest absolute Gasteiger partial charge is 0.394 e. The number of rotatable bonds is 2. The second kappa shape index (κ2) is 9.11. The normalized spacial score (nSPS) is 8.88. The van der Waals surface area contributed by atoms with Gasteiger partial charge in [-0.3, -0.25) is 4.57 Å². The number of aromatic nitrogens is 2. The third-order valence-electron chi connectivity index (χ3n) is 1.84. The smallest absolute Gasteiger partial charge is 0.163 e. The molecule has 2 aromatic rings. The van der Waals surface area contributed by atoms with Crippen LogP contribution in [0.5, 0.6) is 0 Å². The summed E-state index contributed by atoms with van der Waals surface area (Å²) in [6.07, 6.45) is 6.01. The maximum absolute atomic E-state index is 7.62. The Labute approximate surface area is 115 Å². The molecule has 0 atom stereocenters. The van der Waals surface area contributed by atoms with Crippen molar-refractivity contribution in [1.29, 1.82) is 0 Å². The molecule has 0 saturated heterocycles. The summed E-state index contributed by atoms with van der Waals surface area (Å²) in [6.45, 7) is -0.250. The number of hydrogen-bond acceptors (Lipinski definition) is 2. The van der Waals surface area contributed by atoms with Crippen molar-refractivity contribution in [3.8, 4) is 5.69 Å². The van der Waals surface area contributed by atoms with Crippen LogP contribution in [0.1, 0.15) is 0 Å². The van der Waals surface area contributed by atoms with Crippen molar-refractivity contribution >= 4 is 0 Å². The minimum atomic E-state index is -0.125. The van der Waals surface area contributed by atoms with Gasteiger partial charge in [0.25, 0.3) is 0 Å². The van der Waals surface area contributed by atoms with E-state index in [1.165, 1.54) is 0 Å². The Bertz CT molecular complexity index is 402. The molecule has 0 unspecified atom stereocenters. The number of nitrogens with zero attached hydrogens (tertiary/aromatic N) is 2. The van der Waals surface area contributed by atoms with Crippen molar-refractivity contribution < 1.29 is 31.3 Å². The van der Waals surface area contributed by atoms with E-state index in [9.17, 15) is 0 Å². The Balaban J connectivity index is 0.000000453. The molecule has 4 nitrogen and oxygen atoms in total. The van der Waals surface area contributed by atoms with E-state index in [1.54, 1.807) is 0 Å². The minimum absolute atomic E-state index is 0. The molecule has 17 heavy (non-hydrogen) atoms. The fourth-order valence-corrected chi connectivity index (χ4v) is 1.14. The van der Waals surface area contributed by atoms with Crippen LogP contribution >= 0.6 is 0 Å². The van der Waals surface area contributed by atoms with Gasteiger partial charge in [0.2, 0.25) is 0 Å². The molecule has 2 rings (SSSR count). The molecule has 5 heteroatoms. The maximum atomic E-state index is 7.62. The van der Waals surface area contributed by atoms with Gasteiger partial charge in [-0.2, -0.15) is 18.2 Å². The summed E-state index contributed by atoms with van der Waals surface area (Å²) in [5.41, 5.74) is 1.07. The summed E-state index contributed by atoms with van der Waals surface area (Å²) in [4.78, 5) is 0. The van der Waals surface area contributed by atoms with E-state index in [2.05, 4.69) is 6.07 Å². The minimum Gasteiger partial charge on any atom is -0.394 e. The van der Waals surface area contributed by atoms with Crippen LogP contribution in [0.25, 0.3) is 5.69 Å². The fraction of sp³-hybridized carbons (Fsp3) is 0.250. The molecule has 0 fully saturated rings. The van der Waals surface area contributed by atoms with E-state index in [1.807, 2.05) is 59.2 Å². The van der Waals surface area contributed by atoms with Gasteiger partial charge < -0.3 is 10.2 Å². The van der Waals surface area contributed by atoms with Crippen LogP contribution in [-0.2, 0) is 28.1 Å². The summed E-state index contributed by atoms with van der Waals surface area (Å²) in [5, 5.41) is 15.2. The first kappa shape index (κ1) is 16.0. The van der Waals surface area contributed by atoms with Gasteiger partial charge >= 0.3 is 0 Å². The van der Waals surface area contributed by atoms with Crippen molar-refractivity contribution in [3.63, 3.8) is 0 Å². The first-order valence-corrected chi connectivity index (χ1v) is 5.00. The number of aliphatic hydroxyl groups excluding tert-OH is 2. The van der Waals surface area contributed by atoms with Crippen LogP contribution in [0.2, 0.25) is 0 Å². The average molecular weight is 415 g/mol. The molecule has 96 valence electrons. The number of benzene rings is 1. The molecule has 1 heterocycles. The third kappa shape index (κ3) is 5.78. The molecule has 0 bridgehead atoms. The number of imidazole rings is 1. The summed E-state index contributed by atoms with van der Waals surface area (Å²) in [6, 6.07) is 11.1. The zero-order chi connectivity index (χ0) is 11.8. The monoisotopic (exact) mass is 415 g/mol. The number of hydrogen-bond donors (Lipinski definition) is 2. The average Bonchev–Trinajstić information content (AvgIpc) is 2.77. The molecule has 0 aliphatic rings. The van der Waals surface area contributed by atoms with Crippen LogP contribution in [0.15, 0.2) is 43.0 Å². The molecular formula is C12H16N2O2Pt. The van der Waals surface area contributed by atoms with Crippen molar-refractivity contribution in [2.75, 3.05) is 13.2 Å². The number of aryl methyl sites for hydroxylation is 1. The molecule has 0 amide bonds. The summed E-state index contributed by atoms with van der Waals surface area (Å²) in [7, 11) is 2.00. The van der Waals surface area contributed by atoms with Crippen LogP contribution in [0.3, 0.4) is 0 Å². The van der Waals surface area contributed by atoms with Gasteiger partial charge in [0.15, 0.2) is 6.33 Å².